The number of hydrogen-bond donors (Lipinski definition) is 0. The summed E-state index contributed by atoms with van der Waals surface area (Å²) < 4.78 is 52.6. The Hall–Kier alpha value is -4.27. The molecule has 0 saturated heterocycles. The van der Waals surface area contributed by atoms with E-state index < -0.39 is 27.3 Å². The number of anilines is 1. The number of aryl methyl sites for hydroxylation is 1. The first-order valence-electron chi connectivity index (χ1n) is 18.7. The van der Waals surface area contributed by atoms with E-state index in [1.165, 1.54) is 12.0 Å². The summed E-state index contributed by atoms with van der Waals surface area (Å²) >= 11 is 0. The van der Waals surface area contributed by atoms with Crippen LogP contribution in [0.2, 0.25) is 0 Å². The Morgan fingerprint density at radius 2 is 1.78 bits per heavy atom. The zero-order valence-electron chi connectivity index (χ0n) is 32.9. The molecule has 54 heavy (non-hydrogen) atoms. The zero-order chi connectivity index (χ0) is 39.3. The average molecular weight is 766 g/mol. The molecule has 2 heterocycles. The SMILES string of the molecule is CCCCC1=NC2(CCCC2)C(=O)N1Cc1ccc(-c2ccccc2S(=O)(=O)N(COCCOC)c2onc(C)c2C)c(CN(C)C(=O)OC(C)(C)C)c1. The van der Waals surface area contributed by atoms with Crippen molar-refractivity contribution in [2.24, 2.45) is 4.99 Å². The van der Waals surface area contributed by atoms with Crippen LogP contribution in [0.25, 0.3) is 11.1 Å². The van der Waals surface area contributed by atoms with E-state index in [2.05, 4.69) is 12.1 Å². The van der Waals surface area contributed by atoms with Gasteiger partial charge in [0.2, 0.25) is 5.88 Å². The second kappa shape index (κ2) is 17.0. The molecule has 0 unspecified atom stereocenters. The van der Waals surface area contributed by atoms with Gasteiger partial charge in [0.1, 0.15) is 23.7 Å². The number of aliphatic imine (C=N–C) groups is 1. The molecule has 0 bridgehead atoms. The van der Waals surface area contributed by atoms with Gasteiger partial charge in [0.05, 0.1) is 30.3 Å². The van der Waals surface area contributed by atoms with Crippen LogP contribution >= 0.6 is 0 Å². The Balaban J connectivity index is 1.58. The summed E-state index contributed by atoms with van der Waals surface area (Å²) in [6, 6.07) is 12.4. The van der Waals surface area contributed by atoms with Gasteiger partial charge in [0.15, 0.2) is 0 Å². The highest BCUT2D eigenvalue weighted by molar-refractivity contribution is 7.93. The molecule has 1 saturated carbocycles. The molecule has 0 atom stereocenters. The fourth-order valence-electron chi connectivity index (χ4n) is 6.88. The van der Waals surface area contributed by atoms with Crippen LogP contribution in [0.4, 0.5) is 10.7 Å². The highest BCUT2D eigenvalue weighted by atomic mass is 32.2. The fraction of sp³-hybridized carbons (Fsp3) is 0.550. The van der Waals surface area contributed by atoms with Gasteiger partial charge in [-0.05, 0) is 76.6 Å². The molecule has 1 aromatic heterocycles. The number of benzene rings is 2. The Kier molecular flexibility index (Phi) is 12.9. The van der Waals surface area contributed by atoms with Gasteiger partial charge < -0.3 is 23.6 Å². The highest BCUT2D eigenvalue weighted by Crippen LogP contribution is 2.41. The number of nitrogens with zero attached hydrogens (tertiary/aromatic N) is 5. The number of ether oxygens (including phenoxy) is 3. The van der Waals surface area contributed by atoms with Gasteiger partial charge in [0.25, 0.3) is 15.9 Å². The molecule has 0 radical (unpaired) electrons. The molecule has 1 aliphatic carbocycles. The Bertz CT molecular complexity index is 1940. The summed E-state index contributed by atoms with van der Waals surface area (Å²) in [4.78, 5) is 35.6. The first-order chi connectivity index (χ1) is 25.6. The van der Waals surface area contributed by atoms with E-state index in [0.717, 1.165) is 60.7 Å². The molecular formula is C40H55N5O8S. The van der Waals surface area contributed by atoms with Crippen molar-refractivity contribution < 1.29 is 36.7 Å². The standard InChI is InChI=1S/C40H55N5O8S/c1-9-10-17-35-41-40(20-13-14-21-40)37(46)44(35)25-30-18-19-32(31(24-30)26-43(7)38(47)52-39(4,5)6)33-15-11-12-16-34(33)54(48,49)45(27-51-23-22-50-8)36-28(2)29(3)42-53-36/h11-12,15-16,18-19,24H,9-10,13-14,17,20-23,25-27H2,1-8H3. The van der Waals surface area contributed by atoms with Gasteiger partial charge in [-0.2, -0.15) is 0 Å². The maximum atomic E-state index is 14.7. The number of amidine groups is 1. The van der Waals surface area contributed by atoms with E-state index >= 15 is 0 Å². The molecular weight excluding hydrogens is 711 g/mol. The van der Waals surface area contributed by atoms with Crippen molar-refractivity contribution in [2.45, 2.75) is 116 Å². The quantitative estimate of drug-likeness (QED) is 0.108. The minimum absolute atomic E-state index is 0.00889. The van der Waals surface area contributed by atoms with E-state index in [1.807, 2.05) is 23.1 Å². The normalized spacial score (nSPS) is 15.6. The number of sulfonamides is 1. The molecule has 1 fully saturated rings. The van der Waals surface area contributed by atoms with E-state index in [4.69, 9.17) is 23.7 Å². The van der Waals surface area contributed by atoms with Crippen LogP contribution in [0.3, 0.4) is 0 Å². The van der Waals surface area contributed by atoms with Crippen LogP contribution < -0.4 is 4.31 Å². The predicted molar refractivity (Wildman–Crippen MR) is 207 cm³/mol. The Labute approximate surface area is 319 Å². The first-order valence-corrected chi connectivity index (χ1v) is 20.1. The molecule has 3 aromatic rings. The van der Waals surface area contributed by atoms with Gasteiger partial charge in [0, 0.05) is 38.2 Å². The molecule has 0 N–H and O–H groups in total. The molecule has 2 aromatic carbocycles. The van der Waals surface area contributed by atoms with Crippen molar-refractivity contribution in [3.05, 3.63) is 64.8 Å². The molecule has 1 spiro atoms. The lowest BCUT2D eigenvalue weighted by Gasteiger charge is -2.27. The van der Waals surface area contributed by atoms with Gasteiger partial charge in [-0.25, -0.2) is 17.5 Å². The molecule has 5 rings (SSSR count). The molecule has 13 nitrogen and oxygen atoms in total. The summed E-state index contributed by atoms with van der Waals surface area (Å²) in [5.41, 5.74) is 2.25. The van der Waals surface area contributed by atoms with Gasteiger partial charge in [-0.1, -0.05) is 67.7 Å². The highest BCUT2D eigenvalue weighted by Gasteiger charge is 2.49. The van der Waals surface area contributed by atoms with Crippen molar-refractivity contribution in [3.63, 3.8) is 0 Å². The maximum Gasteiger partial charge on any atom is 0.410 e. The fourth-order valence-corrected chi connectivity index (χ4v) is 8.42. The van der Waals surface area contributed by atoms with Crippen LogP contribution in [0.1, 0.15) is 95.0 Å². The summed E-state index contributed by atoms with van der Waals surface area (Å²) in [5.74, 6) is 0.919. The number of amides is 2. The van der Waals surface area contributed by atoms with Crippen LogP contribution in [0.15, 0.2) is 56.9 Å². The van der Waals surface area contributed by atoms with E-state index in [9.17, 15) is 18.0 Å². The molecule has 14 heteroatoms. The van der Waals surface area contributed by atoms with Gasteiger partial charge in [-0.3, -0.25) is 14.7 Å². The maximum absolute atomic E-state index is 14.7. The van der Waals surface area contributed by atoms with Crippen LogP contribution in [-0.2, 0) is 42.1 Å². The lowest BCUT2D eigenvalue weighted by molar-refractivity contribution is -0.131. The van der Waals surface area contributed by atoms with E-state index in [0.29, 0.717) is 34.5 Å². The average Bonchev–Trinajstić information content (AvgIpc) is 3.81. The number of carbonyl (C=O) groups is 2. The number of carbonyl (C=O) groups excluding carboxylic acids is 2. The minimum atomic E-state index is -4.32. The summed E-state index contributed by atoms with van der Waals surface area (Å²) in [6.45, 7) is 11.5. The lowest BCUT2D eigenvalue weighted by Crippen LogP contribution is -2.40. The van der Waals surface area contributed by atoms with Gasteiger partial charge >= 0.3 is 6.09 Å². The molecule has 2 amide bonds. The largest absolute Gasteiger partial charge is 0.444 e. The second-order valence-electron chi connectivity index (χ2n) is 15.2. The molecule has 294 valence electrons. The Morgan fingerprint density at radius 1 is 1.06 bits per heavy atom. The summed E-state index contributed by atoms with van der Waals surface area (Å²) in [6.07, 6.45) is 5.59. The summed E-state index contributed by atoms with van der Waals surface area (Å²) in [5, 5.41) is 4.01. The van der Waals surface area contributed by atoms with E-state index in [1.54, 1.807) is 65.9 Å². The number of unbranched alkanes of at least 4 members (excludes halogenated alkanes) is 1. The van der Waals surface area contributed by atoms with Crippen molar-refractivity contribution in [1.29, 1.82) is 0 Å². The number of methoxy groups -OCH3 is 1. The van der Waals surface area contributed by atoms with Crippen molar-refractivity contribution >= 4 is 33.7 Å². The third-order valence-electron chi connectivity index (χ3n) is 9.85. The predicted octanol–water partition coefficient (Wildman–Crippen LogP) is 7.38. The Morgan fingerprint density at radius 3 is 2.43 bits per heavy atom. The smallest absolute Gasteiger partial charge is 0.410 e. The van der Waals surface area contributed by atoms with Crippen molar-refractivity contribution in [3.8, 4) is 11.1 Å². The third kappa shape index (κ3) is 8.98. The lowest BCUT2D eigenvalue weighted by atomic mass is 9.96. The topological polar surface area (TPSA) is 144 Å². The second-order valence-corrected chi connectivity index (χ2v) is 17.0. The monoisotopic (exact) mass is 765 g/mol. The first kappa shape index (κ1) is 40.9. The number of rotatable bonds is 16. The van der Waals surface area contributed by atoms with Gasteiger partial charge in [-0.15, -0.1) is 0 Å². The van der Waals surface area contributed by atoms with Crippen LogP contribution in [0.5, 0.6) is 0 Å². The minimum Gasteiger partial charge on any atom is -0.444 e. The summed E-state index contributed by atoms with van der Waals surface area (Å²) in [7, 11) is -1.14. The number of aromatic nitrogens is 1. The number of hydrogen-bond acceptors (Lipinski definition) is 10. The van der Waals surface area contributed by atoms with Crippen LogP contribution in [0, 0.1) is 13.8 Å². The van der Waals surface area contributed by atoms with Crippen molar-refractivity contribution in [1.82, 2.24) is 15.0 Å². The molecule has 1 aliphatic heterocycles. The molecule has 2 aliphatic rings. The van der Waals surface area contributed by atoms with Crippen LogP contribution in [-0.4, -0.2) is 86.5 Å². The third-order valence-corrected chi connectivity index (χ3v) is 11.6. The van der Waals surface area contributed by atoms with Crippen molar-refractivity contribution in [2.75, 3.05) is 38.4 Å². The van der Waals surface area contributed by atoms with E-state index in [-0.39, 0.29) is 43.2 Å². The zero-order valence-corrected chi connectivity index (χ0v) is 33.8.